The lowest BCUT2D eigenvalue weighted by molar-refractivity contribution is -0.137. The Morgan fingerprint density at radius 2 is 1.81 bits per heavy atom. The third-order valence-electron chi connectivity index (χ3n) is 2.90. The lowest BCUT2D eigenvalue weighted by Gasteiger charge is -2.12. The Hall–Kier alpha value is -2.55. The van der Waals surface area contributed by atoms with E-state index in [2.05, 4.69) is 5.32 Å². The average Bonchev–Trinajstić information content (AvgIpc) is 2.42. The molecule has 0 aromatic heterocycles. The summed E-state index contributed by atoms with van der Waals surface area (Å²) in [5.74, 6) is -0.381. The first-order valence-corrected chi connectivity index (χ1v) is 5.96. The second-order valence-corrected chi connectivity index (χ2v) is 4.46. The van der Waals surface area contributed by atoms with Gasteiger partial charge in [0, 0.05) is 5.69 Å². The van der Waals surface area contributed by atoms with E-state index in [-0.39, 0.29) is 17.1 Å². The molecule has 0 fully saturated rings. The maximum Gasteiger partial charge on any atom is 0.416 e. The molecule has 2 rings (SSSR count). The van der Waals surface area contributed by atoms with Crippen molar-refractivity contribution in [2.24, 2.45) is 0 Å². The molecule has 6 heteroatoms. The highest BCUT2D eigenvalue weighted by molar-refractivity contribution is 5.67. The molecule has 0 atom stereocenters. The molecule has 2 nitrogen and oxygen atoms in total. The Morgan fingerprint density at radius 3 is 2.38 bits per heavy atom. The highest BCUT2D eigenvalue weighted by atomic mass is 19.4. The van der Waals surface area contributed by atoms with Crippen LogP contribution >= 0.6 is 0 Å². The van der Waals surface area contributed by atoms with E-state index >= 15 is 0 Å². The number of nitriles is 1. The third-order valence-corrected chi connectivity index (χ3v) is 2.90. The summed E-state index contributed by atoms with van der Waals surface area (Å²) < 4.78 is 50.9. The van der Waals surface area contributed by atoms with E-state index in [9.17, 15) is 17.6 Å². The zero-order valence-corrected chi connectivity index (χ0v) is 10.9. The van der Waals surface area contributed by atoms with Crippen molar-refractivity contribution >= 4 is 11.4 Å². The SMILES string of the molecule is Cc1cc(Nc2ccc(C(F)(F)F)cc2C#N)ccc1F. The van der Waals surface area contributed by atoms with Crippen LogP contribution in [0.15, 0.2) is 36.4 Å². The van der Waals surface area contributed by atoms with Crippen molar-refractivity contribution in [3.05, 3.63) is 58.9 Å². The van der Waals surface area contributed by atoms with Gasteiger partial charge in [0.1, 0.15) is 11.9 Å². The first kappa shape index (κ1) is 14.9. The molecular weight excluding hydrogens is 284 g/mol. The van der Waals surface area contributed by atoms with E-state index in [1.165, 1.54) is 24.3 Å². The van der Waals surface area contributed by atoms with Crippen molar-refractivity contribution in [1.82, 2.24) is 0 Å². The van der Waals surface area contributed by atoms with Gasteiger partial charge in [0.05, 0.1) is 16.8 Å². The smallest absolute Gasteiger partial charge is 0.354 e. The summed E-state index contributed by atoms with van der Waals surface area (Å²) in [6.45, 7) is 1.57. The lowest BCUT2D eigenvalue weighted by atomic mass is 10.1. The molecule has 1 N–H and O–H groups in total. The van der Waals surface area contributed by atoms with E-state index in [4.69, 9.17) is 5.26 Å². The molecule has 0 unspecified atom stereocenters. The molecule has 0 saturated carbocycles. The maximum atomic E-state index is 13.2. The number of halogens is 4. The molecule has 0 spiro atoms. The van der Waals surface area contributed by atoms with E-state index in [0.29, 0.717) is 11.3 Å². The van der Waals surface area contributed by atoms with Crippen molar-refractivity contribution in [2.45, 2.75) is 13.1 Å². The summed E-state index contributed by atoms with van der Waals surface area (Å²) in [7, 11) is 0. The number of nitrogens with one attached hydrogen (secondary N) is 1. The zero-order valence-electron chi connectivity index (χ0n) is 10.9. The van der Waals surface area contributed by atoms with Gasteiger partial charge >= 0.3 is 6.18 Å². The van der Waals surface area contributed by atoms with Crippen molar-refractivity contribution in [3.8, 4) is 6.07 Å². The van der Waals surface area contributed by atoms with Crippen molar-refractivity contribution < 1.29 is 17.6 Å². The second kappa shape index (κ2) is 5.44. The molecule has 0 aliphatic heterocycles. The number of rotatable bonds is 2. The molecule has 0 bridgehead atoms. The Bertz CT molecular complexity index is 715. The van der Waals surface area contributed by atoms with Crippen LogP contribution in [0.4, 0.5) is 28.9 Å². The average molecular weight is 294 g/mol. The van der Waals surface area contributed by atoms with Gasteiger partial charge in [-0.05, 0) is 48.9 Å². The molecule has 0 aliphatic carbocycles. The number of aryl methyl sites for hydroxylation is 1. The standard InChI is InChI=1S/C15H10F4N2/c1-9-6-12(3-4-13(9)16)21-14-5-2-11(15(17,18)19)7-10(14)8-20/h2-7,21H,1H3. The molecule has 0 saturated heterocycles. The molecule has 108 valence electrons. The monoisotopic (exact) mass is 294 g/mol. The van der Waals surface area contributed by atoms with Gasteiger partial charge < -0.3 is 5.32 Å². The van der Waals surface area contributed by atoms with E-state index in [1.54, 1.807) is 13.0 Å². The fourth-order valence-corrected chi connectivity index (χ4v) is 1.80. The van der Waals surface area contributed by atoms with Crippen LogP contribution in [0.3, 0.4) is 0 Å². The summed E-state index contributed by atoms with van der Waals surface area (Å²) in [4.78, 5) is 0. The minimum atomic E-state index is -4.50. The van der Waals surface area contributed by atoms with Gasteiger partial charge in [0.25, 0.3) is 0 Å². The molecule has 21 heavy (non-hydrogen) atoms. The molecule has 0 heterocycles. The van der Waals surface area contributed by atoms with Gasteiger partial charge in [-0.15, -0.1) is 0 Å². The predicted octanol–water partition coefficient (Wildman–Crippen LogP) is 4.77. The zero-order chi connectivity index (χ0) is 15.6. The first-order chi connectivity index (χ1) is 9.81. The molecule has 2 aromatic carbocycles. The van der Waals surface area contributed by atoms with Crippen molar-refractivity contribution in [3.63, 3.8) is 0 Å². The number of alkyl halides is 3. The summed E-state index contributed by atoms with van der Waals surface area (Å²) in [5.41, 5.74) is 0.0961. The highest BCUT2D eigenvalue weighted by Crippen LogP contribution is 2.32. The summed E-state index contributed by atoms with van der Waals surface area (Å²) >= 11 is 0. The fourth-order valence-electron chi connectivity index (χ4n) is 1.80. The lowest BCUT2D eigenvalue weighted by Crippen LogP contribution is -2.06. The van der Waals surface area contributed by atoms with Crippen LogP contribution in [0.2, 0.25) is 0 Å². The van der Waals surface area contributed by atoms with Crippen LogP contribution in [0.5, 0.6) is 0 Å². The van der Waals surface area contributed by atoms with Crippen molar-refractivity contribution in [1.29, 1.82) is 5.26 Å². The topological polar surface area (TPSA) is 35.8 Å². The van der Waals surface area contributed by atoms with Gasteiger partial charge in [-0.1, -0.05) is 0 Å². The Kier molecular flexibility index (Phi) is 3.85. The second-order valence-electron chi connectivity index (χ2n) is 4.46. The number of benzene rings is 2. The highest BCUT2D eigenvalue weighted by Gasteiger charge is 2.31. The van der Waals surface area contributed by atoms with Gasteiger partial charge in [0.2, 0.25) is 0 Å². The minimum absolute atomic E-state index is 0.133. The maximum absolute atomic E-state index is 13.2. The number of nitrogens with zero attached hydrogens (tertiary/aromatic N) is 1. The largest absolute Gasteiger partial charge is 0.416 e. The summed E-state index contributed by atoms with van der Waals surface area (Å²) in [6.07, 6.45) is -4.50. The molecule has 2 aromatic rings. The Labute approximate surface area is 118 Å². The quantitative estimate of drug-likeness (QED) is 0.810. The van der Waals surface area contributed by atoms with E-state index in [1.807, 2.05) is 0 Å². The van der Waals surface area contributed by atoms with Crippen molar-refractivity contribution in [2.75, 3.05) is 5.32 Å². The summed E-state index contributed by atoms with van der Waals surface area (Å²) in [5, 5.41) is 11.8. The van der Waals surface area contributed by atoms with Gasteiger partial charge in [-0.25, -0.2) is 4.39 Å². The first-order valence-electron chi connectivity index (χ1n) is 5.96. The molecule has 0 aliphatic rings. The summed E-state index contributed by atoms with van der Waals surface area (Å²) in [6, 6.07) is 8.76. The number of hydrogen-bond donors (Lipinski definition) is 1. The minimum Gasteiger partial charge on any atom is -0.354 e. The number of hydrogen-bond acceptors (Lipinski definition) is 2. The van der Waals surface area contributed by atoms with Crippen LogP contribution in [0.25, 0.3) is 0 Å². The van der Waals surface area contributed by atoms with E-state index < -0.39 is 11.7 Å². The van der Waals surface area contributed by atoms with Crippen LogP contribution in [-0.4, -0.2) is 0 Å². The fraction of sp³-hybridized carbons (Fsp3) is 0.133. The van der Waals surface area contributed by atoms with Crippen LogP contribution in [-0.2, 0) is 6.18 Å². The Morgan fingerprint density at radius 1 is 1.10 bits per heavy atom. The normalized spacial score (nSPS) is 11.0. The van der Waals surface area contributed by atoms with Gasteiger partial charge in [0.15, 0.2) is 0 Å². The molecule has 0 amide bonds. The molecular formula is C15H10F4N2. The van der Waals surface area contributed by atoms with Gasteiger partial charge in [-0.2, -0.15) is 18.4 Å². The van der Waals surface area contributed by atoms with Crippen LogP contribution < -0.4 is 5.32 Å². The molecule has 0 radical (unpaired) electrons. The third kappa shape index (κ3) is 3.31. The predicted molar refractivity (Wildman–Crippen MR) is 70.6 cm³/mol. The Balaban J connectivity index is 2.36. The van der Waals surface area contributed by atoms with Crippen LogP contribution in [0, 0.1) is 24.1 Å². The van der Waals surface area contributed by atoms with E-state index in [0.717, 1.165) is 12.1 Å². The number of anilines is 2. The van der Waals surface area contributed by atoms with Crippen LogP contribution in [0.1, 0.15) is 16.7 Å². The van der Waals surface area contributed by atoms with Gasteiger partial charge in [-0.3, -0.25) is 0 Å².